The van der Waals surface area contributed by atoms with Crippen molar-refractivity contribution in [3.8, 4) is 11.3 Å². The fraction of sp³-hybridized carbons (Fsp3) is 0.227. The van der Waals surface area contributed by atoms with E-state index < -0.39 is 0 Å². The van der Waals surface area contributed by atoms with Gasteiger partial charge in [0.05, 0.1) is 5.69 Å². The summed E-state index contributed by atoms with van der Waals surface area (Å²) in [4.78, 5) is 29.7. The van der Waals surface area contributed by atoms with E-state index in [1.165, 1.54) is 23.8 Å². The quantitative estimate of drug-likeness (QED) is 0.652. The zero-order valence-electron chi connectivity index (χ0n) is 16.4. The molecular formula is C22H22N4O2S. The standard InChI is InChI=1S/C22H22N4O2S/c1-14(27)23-18-6-3-7-19(12-18)24-22-25-20(13-29-22)16-8-9-21-17(11-16)5-4-10-26(21)15(2)28/h3,6-9,11-13H,4-5,10H2,1-2H3,(H,23,27)(H,24,25). The first-order chi connectivity index (χ1) is 14.0. The molecule has 29 heavy (non-hydrogen) atoms. The Morgan fingerprint density at radius 2 is 1.93 bits per heavy atom. The first-order valence-corrected chi connectivity index (χ1v) is 10.4. The first-order valence-electron chi connectivity index (χ1n) is 9.51. The van der Waals surface area contributed by atoms with Crippen LogP contribution >= 0.6 is 11.3 Å². The molecule has 0 saturated heterocycles. The van der Waals surface area contributed by atoms with Gasteiger partial charge in [-0.15, -0.1) is 11.3 Å². The average Bonchev–Trinajstić information content (AvgIpc) is 3.15. The Morgan fingerprint density at radius 3 is 2.72 bits per heavy atom. The molecule has 0 spiro atoms. The number of benzene rings is 2. The van der Waals surface area contributed by atoms with Gasteiger partial charge >= 0.3 is 0 Å². The van der Waals surface area contributed by atoms with Crippen LogP contribution in [0, 0.1) is 0 Å². The molecule has 1 aliphatic heterocycles. The SMILES string of the molecule is CC(=O)Nc1cccc(Nc2nc(-c3ccc4c(c3)CCCN4C(C)=O)cs2)c1. The number of hydrogen-bond donors (Lipinski definition) is 2. The second-order valence-electron chi connectivity index (χ2n) is 7.04. The van der Waals surface area contributed by atoms with Crippen LogP contribution in [0.25, 0.3) is 11.3 Å². The highest BCUT2D eigenvalue weighted by Gasteiger charge is 2.20. The maximum Gasteiger partial charge on any atom is 0.223 e. The van der Waals surface area contributed by atoms with Crippen molar-refractivity contribution >= 4 is 45.3 Å². The summed E-state index contributed by atoms with van der Waals surface area (Å²) in [6.07, 6.45) is 1.95. The fourth-order valence-electron chi connectivity index (χ4n) is 3.55. The average molecular weight is 407 g/mol. The van der Waals surface area contributed by atoms with Crippen LogP contribution in [-0.4, -0.2) is 23.3 Å². The van der Waals surface area contributed by atoms with Crippen molar-refractivity contribution in [1.29, 1.82) is 0 Å². The van der Waals surface area contributed by atoms with Gasteiger partial charge in [0.1, 0.15) is 0 Å². The second kappa shape index (κ2) is 8.05. The smallest absolute Gasteiger partial charge is 0.223 e. The highest BCUT2D eigenvalue weighted by Crippen LogP contribution is 2.33. The number of rotatable bonds is 4. The van der Waals surface area contributed by atoms with E-state index in [1.54, 1.807) is 6.92 Å². The lowest BCUT2D eigenvalue weighted by Gasteiger charge is -2.28. The molecule has 0 radical (unpaired) electrons. The van der Waals surface area contributed by atoms with Gasteiger partial charge in [-0.25, -0.2) is 4.98 Å². The number of anilines is 4. The van der Waals surface area contributed by atoms with E-state index in [-0.39, 0.29) is 11.8 Å². The molecule has 2 heterocycles. The summed E-state index contributed by atoms with van der Waals surface area (Å²) in [7, 11) is 0. The Hall–Kier alpha value is -3.19. The number of nitrogens with zero attached hydrogens (tertiary/aromatic N) is 2. The van der Waals surface area contributed by atoms with Crippen LogP contribution in [0.15, 0.2) is 47.8 Å². The van der Waals surface area contributed by atoms with E-state index in [2.05, 4.69) is 16.7 Å². The number of fused-ring (bicyclic) bond motifs is 1. The van der Waals surface area contributed by atoms with Gasteiger partial charge in [-0.2, -0.15) is 0 Å². The van der Waals surface area contributed by atoms with E-state index in [0.717, 1.165) is 52.8 Å². The summed E-state index contributed by atoms with van der Waals surface area (Å²) in [5.74, 6) is -0.0187. The minimum Gasteiger partial charge on any atom is -0.331 e. The van der Waals surface area contributed by atoms with Gasteiger partial charge < -0.3 is 15.5 Å². The van der Waals surface area contributed by atoms with E-state index >= 15 is 0 Å². The molecule has 1 aromatic heterocycles. The maximum atomic E-state index is 11.9. The Kier molecular flexibility index (Phi) is 5.31. The molecule has 6 nitrogen and oxygen atoms in total. The van der Waals surface area contributed by atoms with E-state index in [4.69, 9.17) is 4.98 Å². The number of thiazole rings is 1. The number of aryl methyl sites for hydroxylation is 1. The normalized spacial score (nSPS) is 13.0. The Bertz CT molecular complexity index is 1080. The summed E-state index contributed by atoms with van der Waals surface area (Å²) in [5.41, 5.74) is 5.75. The molecule has 2 amide bonds. The minimum atomic E-state index is -0.102. The van der Waals surface area contributed by atoms with Crippen LogP contribution in [0.4, 0.5) is 22.2 Å². The number of hydrogen-bond acceptors (Lipinski definition) is 5. The summed E-state index contributed by atoms with van der Waals surface area (Å²) in [6, 6.07) is 13.7. The predicted molar refractivity (Wildman–Crippen MR) is 118 cm³/mol. The molecule has 0 bridgehead atoms. The van der Waals surface area contributed by atoms with E-state index in [9.17, 15) is 9.59 Å². The molecule has 0 unspecified atom stereocenters. The number of carbonyl (C=O) groups is 2. The van der Waals surface area contributed by atoms with Crippen LogP contribution in [0.2, 0.25) is 0 Å². The summed E-state index contributed by atoms with van der Waals surface area (Å²) >= 11 is 1.53. The minimum absolute atomic E-state index is 0.0836. The van der Waals surface area contributed by atoms with Gasteiger partial charge in [-0.05, 0) is 48.7 Å². The largest absolute Gasteiger partial charge is 0.331 e. The molecular weight excluding hydrogens is 384 g/mol. The van der Waals surface area contributed by atoms with Crippen LogP contribution in [0.1, 0.15) is 25.8 Å². The third-order valence-corrected chi connectivity index (χ3v) is 5.57. The predicted octanol–water partition coefficient (Wildman–Crippen LogP) is 4.81. The number of amides is 2. The van der Waals surface area contributed by atoms with E-state index in [1.807, 2.05) is 46.7 Å². The third-order valence-electron chi connectivity index (χ3n) is 4.81. The molecule has 3 aromatic rings. The second-order valence-corrected chi connectivity index (χ2v) is 7.90. The molecule has 0 saturated carbocycles. The van der Waals surface area contributed by atoms with Gasteiger partial charge in [-0.1, -0.05) is 12.1 Å². The molecule has 148 valence electrons. The molecule has 7 heteroatoms. The van der Waals surface area contributed by atoms with Crippen LogP contribution < -0.4 is 15.5 Å². The number of aromatic nitrogens is 1. The molecule has 0 aliphatic carbocycles. The monoisotopic (exact) mass is 406 g/mol. The molecule has 4 rings (SSSR count). The Morgan fingerprint density at radius 1 is 1.10 bits per heavy atom. The molecule has 1 aliphatic rings. The number of carbonyl (C=O) groups excluding carboxylic acids is 2. The van der Waals surface area contributed by atoms with Crippen molar-refractivity contribution < 1.29 is 9.59 Å². The molecule has 2 N–H and O–H groups in total. The molecule has 2 aromatic carbocycles. The topological polar surface area (TPSA) is 74.3 Å². The van der Waals surface area contributed by atoms with Crippen LogP contribution in [0.5, 0.6) is 0 Å². The Balaban J connectivity index is 1.54. The zero-order valence-corrected chi connectivity index (χ0v) is 17.2. The lowest BCUT2D eigenvalue weighted by Crippen LogP contribution is -2.33. The van der Waals surface area contributed by atoms with Crippen LogP contribution in [-0.2, 0) is 16.0 Å². The molecule has 0 fully saturated rings. The lowest BCUT2D eigenvalue weighted by molar-refractivity contribution is -0.116. The molecule has 0 atom stereocenters. The number of nitrogens with one attached hydrogen (secondary N) is 2. The van der Waals surface area contributed by atoms with Crippen LogP contribution in [0.3, 0.4) is 0 Å². The van der Waals surface area contributed by atoms with Gasteiger partial charge in [0, 0.05) is 48.4 Å². The lowest BCUT2D eigenvalue weighted by atomic mass is 9.98. The maximum absolute atomic E-state index is 11.9. The van der Waals surface area contributed by atoms with Gasteiger partial charge in [-0.3, -0.25) is 9.59 Å². The Labute approximate surface area is 173 Å². The van der Waals surface area contributed by atoms with Crippen molar-refractivity contribution in [3.63, 3.8) is 0 Å². The highest BCUT2D eigenvalue weighted by atomic mass is 32.1. The summed E-state index contributed by atoms with van der Waals surface area (Å²) in [5, 5.41) is 8.88. The van der Waals surface area contributed by atoms with Gasteiger partial charge in [0.15, 0.2) is 5.13 Å². The van der Waals surface area contributed by atoms with E-state index in [0.29, 0.717) is 0 Å². The van der Waals surface area contributed by atoms with Crippen molar-refractivity contribution in [2.24, 2.45) is 0 Å². The summed E-state index contributed by atoms with van der Waals surface area (Å²) < 4.78 is 0. The fourth-order valence-corrected chi connectivity index (χ4v) is 4.29. The van der Waals surface area contributed by atoms with Crippen molar-refractivity contribution in [2.75, 3.05) is 22.1 Å². The third kappa shape index (κ3) is 4.30. The highest BCUT2D eigenvalue weighted by molar-refractivity contribution is 7.14. The zero-order chi connectivity index (χ0) is 20.4. The van der Waals surface area contributed by atoms with Gasteiger partial charge in [0.2, 0.25) is 11.8 Å². The van der Waals surface area contributed by atoms with Crippen molar-refractivity contribution in [1.82, 2.24) is 4.98 Å². The van der Waals surface area contributed by atoms with Crippen molar-refractivity contribution in [2.45, 2.75) is 26.7 Å². The first kappa shape index (κ1) is 19.1. The summed E-state index contributed by atoms with van der Waals surface area (Å²) in [6.45, 7) is 3.88. The van der Waals surface area contributed by atoms with Gasteiger partial charge in [0.25, 0.3) is 0 Å². The van der Waals surface area contributed by atoms with Crippen molar-refractivity contribution in [3.05, 3.63) is 53.4 Å².